The van der Waals surface area contributed by atoms with Crippen LogP contribution in [0.2, 0.25) is 0 Å². The fourth-order valence-corrected chi connectivity index (χ4v) is 4.45. The predicted molar refractivity (Wildman–Crippen MR) is 125 cm³/mol. The van der Waals surface area contributed by atoms with Gasteiger partial charge in [-0.3, -0.25) is 9.69 Å². The molecule has 3 aromatic rings. The van der Waals surface area contributed by atoms with E-state index in [1.165, 1.54) is 5.56 Å². The molecule has 0 saturated carbocycles. The summed E-state index contributed by atoms with van der Waals surface area (Å²) in [4.78, 5) is 14.7. The van der Waals surface area contributed by atoms with Crippen LogP contribution >= 0.6 is 0 Å². The average Bonchev–Trinajstić information content (AvgIpc) is 3.12. The van der Waals surface area contributed by atoms with Crippen molar-refractivity contribution in [2.75, 3.05) is 18.4 Å². The van der Waals surface area contributed by atoms with E-state index < -0.39 is 0 Å². The highest BCUT2D eigenvalue weighted by Gasteiger charge is 2.20. The van der Waals surface area contributed by atoms with Gasteiger partial charge in [0.05, 0.1) is 11.4 Å². The van der Waals surface area contributed by atoms with Crippen LogP contribution in [0.15, 0.2) is 60.7 Å². The molecule has 0 unspecified atom stereocenters. The van der Waals surface area contributed by atoms with Gasteiger partial charge in [-0.05, 0) is 88.0 Å². The fraction of sp³-hybridized carbons (Fsp3) is 0.385. The van der Waals surface area contributed by atoms with E-state index in [9.17, 15) is 4.79 Å². The summed E-state index contributed by atoms with van der Waals surface area (Å²) in [6, 6.07) is 20.5. The van der Waals surface area contributed by atoms with Crippen molar-refractivity contribution in [3.8, 4) is 5.69 Å². The third kappa shape index (κ3) is 5.82. The third-order valence-corrected chi connectivity index (χ3v) is 6.12. The lowest BCUT2D eigenvalue weighted by molar-refractivity contribution is -0.116. The minimum atomic E-state index is 0.120. The van der Waals surface area contributed by atoms with Crippen LogP contribution in [0.4, 0.5) is 5.69 Å². The molecule has 0 radical (unpaired) electrons. The van der Waals surface area contributed by atoms with Gasteiger partial charge in [-0.15, -0.1) is 0 Å². The van der Waals surface area contributed by atoms with Crippen molar-refractivity contribution in [1.29, 1.82) is 0 Å². The molecule has 162 valence electrons. The van der Waals surface area contributed by atoms with Crippen molar-refractivity contribution in [3.05, 3.63) is 77.6 Å². The summed E-state index contributed by atoms with van der Waals surface area (Å²) in [5, 5.41) is 7.60. The number of hydrogen-bond donors (Lipinski definition) is 1. The molecule has 5 heteroatoms. The van der Waals surface area contributed by atoms with Crippen molar-refractivity contribution < 1.29 is 4.79 Å². The SMILES string of the molecule is Cc1cc(C)n(-c2cccc(CN3CCC(CCC(=O)Nc4ccccc4)CC3)c2)n1. The molecule has 1 aliphatic heterocycles. The van der Waals surface area contributed by atoms with Gasteiger partial charge in [-0.1, -0.05) is 30.3 Å². The number of nitrogens with one attached hydrogen (secondary N) is 1. The molecular weight excluding hydrogens is 384 g/mol. The Hall–Kier alpha value is -2.92. The van der Waals surface area contributed by atoms with Gasteiger partial charge in [0.25, 0.3) is 0 Å². The molecule has 4 rings (SSSR count). The number of carbonyl (C=O) groups is 1. The van der Waals surface area contributed by atoms with Crippen LogP contribution in [0.3, 0.4) is 0 Å². The summed E-state index contributed by atoms with van der Waals surface area (Å²) in [6.07, 6.45) is 3.90. The number of nitrogens with zero attached hydrogens (tertiary/aromatic N) is 3. The standard InChI is InChI=1S/C26H32N4O/c1-20-17-21(2)30(28-20)25-10-6-7-23(18-25)19-29-15-13-22(14-16-29)11-12-26(31)27-24-8-4-3-5-9-24/h3-10,17-18,22H,11-16,19H2,1-2H3,(H,27,31). The van der Waals surface area contributed by atoms with Crippen LogP contribution in [-0.2, 0) is 11.3 Å². The number of piperidine rings is 1. The topological polar surface area (TPSA) is 50.2 Å². The monoisotopic (exact) mass is 416 g/mol. The molecule has 1 saturated heterocycles. The maximum absolute atomic E-state index is 12.2. The summed E-state index contributed by atoms with van der Waals surface area (Å²) in [5.41, 5.74) is 5.53. The van der Waals surface area contributed by atoms with Crippen molar-refractivity contribution in [1.82, 2.24) is 14.7 Å². The molecule has 1 N–H and O–H groups in total. The number of rotatable bonds is 7. The van der Waals surface area contributed by atoms with Crippen molar-refractivity contribution >= 4 is 11.6 Å². The molecule has 2 heterocycles. The number of amides is 1. The van der Waals surface area contributed by atoms with Gasteiger partial charge in [0, 0.05) is 24.3 Å². The number of benzene rings is 2. The zero-order chi connectivity index (χ0) is 21.6. The maximum Gasteiger partial charge on any atom is 0.224 e. The zero-order valence-corrected chi connectivity index (χ0v) is 18.6. The van der Waals surface area contributed by atoms with E-state index in [4.69, 9.17) is 0 Å². The van der Waals surface area contributed by atoms with E-state index in [2.05, 4.69) is 52.6 Å². The highest BCUT2D eigenvalue weighted by atomic mass is 16.1. The molecule has 5 nitrogen and oxygen atoms in total. The Labute approximate surface area is 185 Å². The van der Waals surface area contributed by atoms with E-state index in [0.717, 1.165) is 61.7 Å². The van der Waals surface area contributed by atoms with Crippen molar-refractivity contribution in [2.45, 2.75) is 46.1 Å². The van der Waals surface area contributed by atoms with Gasteiger partial charge in [-0.25, -0.2) is 4.68 Å². The molecule has 1 fully saturated rings. The minimum absolute atomic E-state index is 0.120. The lowest BCUT2D eigenvalue weighted by Gasteiger charge is -2.32. The summed E-state index contributed by atoms with van der Waals surface area (Å²) < 4.78 is 2.02. The minimum Gasteiger partial charge on any atom is -0.326 e. The number of carbonyl (C=O) groups excluding carboxylic acids is 1. The smallest absolute Gasteiger partial charge is 0.224 e. The Morgan fingerprint density at radius 3 is 2.52 bits per heavy atom. The van der Waals surface area contributed by atoms with Crippen LogP contribution in [0, 0.1) is 19.8 Å². The van der Waals surface area contributed by atoms with Gasteiger partial charge in [-0.2, -0.15) is 5.10 Å². The summed E-state index contributed by atoms with van der Waals surface area (Å²) >= 11 is 0. The lowest BCUT2D eigenvalue weighted by Crippen LogP contribution is -2.33. The first kappa shape index (κ1) is 21.3. The van der Waals surface area contributed by atoms with Crippen LogP contribution in [0.25, 0.3) is 5.69 Å². The Morgan fingerprint density at radius 2 is 1.81 bits per heavy atom. The second-order valence-corrected chi connectivity index (χ2v) is 8.68. The zero-order valence-electron chi connectivity index (χ0n) is 18.6. The molecule has 0 spiro atoms. The molecule has 31 heavy (non-hydrogen) atoms. The number of aryl methyl sites for hydroxylation is 2. The van der Waals surface area contributed by atoms with Crippen molar-refractivity contribution in [2.24, 2.45) is 5.92 Å². The second kappa shape index (κ2) is 9.92. The Balaban J connectivity index is 1.24. The van der Waals surface area contributed by atoms with E-state index in [1.807, 2.05) is 41.9 Å². The first-order valence-corrected chi connectivity index (χ1v) is 11.3. The predicted octanol–water partition coefficient (Wildman–Crippen LogP) is 5.12. The highest BCUT2D eigenvalue weighted by molar-refractivity contribution is 5.90. The third-order valence-electron chi connectivity index (χ3n) is 6.12. The molecule has 1 amide bonds. The molecule has 1 aromatic heterocycles. The number of likely N-dealkylation sites (tertiary alicyclic amines) is 1. The van der Waals surface area contributed by atoms with Crippen LogP contribution < -0.4 is 5.32 Å². The van der Waals surface area contributed by atoms with E-state index in [1.54, 1.807) is 0 Å². The molecular formula is C26H32N4O. The average molecular weight is 417 g/mol. The van der Waals surface area contributed by atoms with Crippen LogP contribution in [0.1, 0.15) is 42.6 Å². The molecule has 0 bridgehead atoms. The van der Waals surface area contributed by atoms with Gasteiger partial charge >= 0.3 is 0 Å². The van der Waals surface area contributed by atoms with E-state index in [0.29, 0.717) is 12.3 Å². The van der Waals surface area contributed by atoms with Crippen LogP contribution in [-0.4, -0.2) is 33.7 Å². The van der Waals surface area contributed by atoms with Gasteiger partial charge in [0.15, 0.2) is 0 Å². The van der Waals surface area contributed by atoms with Gasteiger partial charge in [0.1, 0.15) is 0 Å². The fourth-order valence-electron chi connectivity index (χ4n) is 4.45. The second-order valence-electron chi connectivity index (χ2n) is 8.68. The van der Waals surface area contributed by atoms with Crippen LogP contribution in [0.5, 0.6) is 0 Å². The largest absolute Gasteiger partial charge is 0.326 e. The first-order chi connectivity index (χ1) is 15.1. The maximum atomic E-state index is 12.2. The van der Waals surface area contributed by atoms with Gasteiger partial charge < -0.3 is 5.32 Å². The summed E-state index contributed by atoms with van der Waals surface area (Å²) in [6.45, 7) is 7.28. The molecule has 2 aromatic carbocycles. The molecule has 1 aliphatic rings. The molecule has 0 atom stereocenters. The lowest BCUT2D eigenvalue weighted by atomic mass is 9.92. The first-order valence-electron chi connectivity index (χ1n) is 11.3. The number of anilines is 1. The summed E-state index contributed by atoms with van der Waals surface area (Å²) in [5.74, 6) is 0.758. The number of aromatic nitrogens is 2. The number of para-hydroxylation sites is 1. The Kier molecular flexibility index (Phi) is 6.82. The van der Waals surface area contributed by atoms with Gasteiger partial charge in [0.2, 0.25) is 5.91 Å². The molecule has 0 aliphatic carbocycles. The Morgan fingerprint density at radius 1 is 1.03 bits per heavy atom. The summed E-state index contributed by atoms with van der Waals surface area (Å²) in [7, 11) is 0. The van der Waals surface area contributed by atoms with Crippen molar-refractivity contribution in [3.63, 3.8) is 0 Å². The Bertz CT molecular complexity index is 1000. The quantitative estimate of drug-likeness (QED) is 0.582. The normalized spacial score (nSPS) is 15.2. The highest BCUT2D eigenvalue weighted by Crippen LogP contribution is 2.24. The van der Waals surface area contributed by atoms with E-state index in [-0.39, 0.29) is 5.91 Å². The number of hydrogen-bond acceptors (Lipinski definition) is 3. The van der Waals surface area contributed by atoms with E-state index >= 15 is 0 Å².